The molecule has 0 fully saturated rings. The number of quaternary nitrogens is 1. The van der Waals surface area contributed by atoms with Gasteiger partial charge in [0.2, 0.25) is 0 Å². The van der Waals surface area contributed by atoms with Gasteiger partial charge in [-0.1, -0.05) is 0 Å². The number of rotatable bonds is 6. The van der Waals surface area contributed by atoms with Crippen LogP contribution in [-0.2, 0) is 12.8 Å². The van der Waals surface area contributed by atoms with Crippen LogP contribution in [0.15, 0.2) is 29.1 Å². The molecule has 6 nitrogen and oxygen atoms in total. The zero-order chi connectivity index (χ0) is 19.8. The van der Waals surface area contributed by atoms with E-state index in [-0.39, 0.29) is 0 Å². The second-order valence-corrected chi connectivity index (χ2v) is 9.02. The summed E-state index contributed by atoms with van der Waals surface area (Å²) in [4.78, 5) is 16.8. The van der Waals surface area contributed by atoms with Gasteiger partial charge in [-0.2, -0.15) is 0 Å². The van der Waals surface area contributed by atoms with E-state index in [2.05, 4.69) is 29.4 Å². The smallest absolute Gasteiger partial charge is 0.152 e. The highest BCUT2D eigenvalue weighted by Gasteiger charge is 2.24. The number of fused-ring (bicyclic) bond motifs is 5. The third-order valence-electron chi connectivity index (χ3n) is 5.62. The number of aryl methyl sites for hydroxylation is 1. The van der Waals surface area contributed by atoms with Crippen molar-refractivity contribution in [2.45, 2.75) is 32.1 Å². The van der Waals surface area contributed by atoms with Crippen molar-refractivity contribution < 1.29 is 9.32 Å². The van der Waals surface area contributed by atoms with E-state index < -0.39 is 0 Å². The molecule has 0 unspecified atom stereocenters. The minimum Gasteiger partial charge on any atom is -0.463 e. The minimum atomic E-state index is 0.859. The van der Waals surface area contributed by atoms with Crippen LogP contribution >= 0.6 is 11.3 Å². The third kappa shape index (κ3) is 3.38. The number of nitrogens with one attached hydrogen (secondary N) is 2. The Morgan fingerprint density at radius 2 is 2.03 bits per heavy atom. The van der Waals surface area contributed by atoms with Crippen molar-refractivity contribution in [3.63, 3.8) is 0 Å². The lowest BCUT2D eigenvalue weighted by atomic mass is 9.88. The summed E-state index contributed by atoms with van der Waals surface area (Å²) in [5.74, 6) is 1.79. The molecule has 1 aliphatic rings. The molecule has 0 amide bonds. The van der Waals surface area contributed by atoms with Crippen LogP contribution in [0.2, 0.25) is 0 Å². The second-order valence-electron chi connectivity index (χ2n) is 8.02. The first-order valence-corrected chi connectivity index (χ1v) is 11.2. The summed E-state index contributed by atoms with van der Waals surface area (Å²) in [7, 11) is 4.36. The molecular weight excluding hydrogens is 382 g/mol. The minimum absolute atomic E-state index is 0.859. The molecule has 29 heavy (non-hydrogen) atoms. The second kappa shape index (κ2) is 7.72. The summed E-state index contributed by atoms with van der Waals surface area (Å²) >= 11 is 1.69. The highest BCUT2D eigenvalue weighted by atomic mass is 32.1. The lowest BCUT2D eigenvalue weighted by Crippen LogP contribution is -3.05. The van der Waals surface area contributed by atoms with E-state index in [1.165, 1.54) is 34.3 Å². The van der Waals surface area contributed by atoms with E-state index in [0.29, 0.717) is 0 Å². The molecule has 4 aromatic heterocycles. The SMILES string of the molecule is C[NH+](C)CCCNc1ncnc2c1sc1nc(-c3ccco3)c3c(c12)CCCC3. The van der Waals surface area contributed by atoms with Crippen molar-refractivity contribution in [1.29, 1.82) is 0 Å². The molecule has 7 heteroatoms. The highest BCUT2D eigenvalue weighted by Crippen LogP contribution is 2.42. The van der Waals surface area contributed by atoms with Crippen LogP contribution in [0.3, 0.4) is 0 Å². The summed E-state index contributed by atoms with van der Waals surface area (Å²) in [5.41, 5.74) is 4.78. The van der Waals surface area contributed by atoms with Crippen molar-refractivity contribution in [2.24, 2.45) is 0 Å². The first-order valence-electron chi connectivity index (χ1n) is 10.4. The van der Waals surface area contributed by atoms with E-state index in [1.54, 1.807) is 23.9 Å². The Hall–Kier alpha value is -2.51. The zero-order valence-electron chi connectivity index (χ0n) is 16.9. The van der Waals surface area contributed by atoms with E-state index in [4.69, 9.17) is 9.40 Å². The van der Waals surface area contributed by atoms with Gasteiger partial charge in [0.25, 0.3) is 0 Å². The van der Waals surface area contributed by atoms with Crippen molar-refractivity contribution in [1.82, 2.24) is 15.0 Å². The fraction of sp³-hybridized carbons (Fsp3) is 0.409. The van der Waals surface area contributed by atoms with Gasteiger partial charge in [-0.15, -0.1) is 11.3 Å². The van der Waals surface area contributed by atoms with Crippen LogP contribution in [0, 0.1) is 0 Å². The average Bonchev–Trinajstić information content (AvgIpc) is 3.38. The maximum atomic E-state index is 5.72. The molecule has 0 saturated carbocycles. The summed E-state index contributed by atoms with van der Waals surface area (Å²) in [5, 5.41) is 4.75. The van der Waals surface area contributed by atoms with Crippen LogP contribution in [-0.4, -0.2) is 42.1 Å². The highest BCUT2D eigenvalue weighted by molar-refractivity contribution is 7.26. The predicted octanol–water partition coefficient (Wildman–Crippen LogP) is 3.32. The van der Waals surface area contributed by atoms with E-state index in [1.807, 2.05) is 12.1 Å². The molecule has 150 valence electrons. The van der Waals surface area contributed by atoms with E-state index in [0.717, 1.165) is 64.7 Å². The first-order chi connectivity index (χ1) is 14.2. The maximum Gasteiger partial charge on any atom is 0.152 e. The van der Waals surface area contributed by atoms with Crippen molar-refractivity contribution >= 4 is 37.6 Å². The fourth-order valence-corrected chi connectivity index (χ4v) is 5.38. The molecule has 2 N–H and O–H groups in total. The lowest BCUT2D eigenvalue weighted by Gasteiger charge is -2.19. The van der Waals surface area contributed by atoms with Gasteiger partial charge < -0.3 is 14.6 Å². The Kier molecular flexibility index (Phi) is 4.93. The van der Waals surface area contributed by atoms with Crippen LogP contribution < -0.4 is 10.2 Å². The van der Waals surface area contributed by atoms with Gasteiger partial charge in [0.15, 0.2) is 5.76 Å². The number of aromatic nitrogens is 3. The molecule has 0 bridgehead atoms. The first kappa shape index (κ1) is 18.5. The number of anilines is 1. The zero-order valence-corrected chi connectivity index (χ0v) is 17.7. The molecule has 1 aliphatic carbocycles. The van der Waals surface area contributed by atoms with Gasteiger partial charge in [0.1, 0.15) is 22.7 Å². The summed E-state index contributed by atoms with van der Waals surface area (Å²) in [6.07, 6.45) is 9.06. The molecule has 4 aromatic rings. The Labute approximate surface area is 174 Å². The molecular formula is C22H26N5OS+. The Bertz CT molecular complexity index is 1150. The fourth-order valence-electron chi connectivity index (χ4n) is 4.25. The standard InChI is InChI=1S/C22H25N5OS/c1-27(2)11-6-10-23-21-20-19(24-13-25-21)17-14-7-3-4-8-15(14)18(26-22(17)29-20)16-9-5-12-28-16/h5,9,12-13H,3-4,6-8,10-11H2,1-2H3,(H,23,24,25)/p+1. The number of thiophene rings is 1. The van der Waals surface area contributed by atoms with Gasteiger partial charge in [0, 0.05) is 18.4 Å². The number of hydrogen-bond acceptors (Lipinski definition) is 6. The molecule has 5 rings (SSSR count). The van der Waals surface area contributed by atoms with Crippen molar-refractivity contribution in [2.75, 3.05) is 32.5 Å². The Morgan fingerprint density at radius 1 is 1.17 bits per heavy atom. The van der Waals surface area contributed by atoms with E-state index in [9.17, 15) is 0 Å². The molecule has 4 heterocycles. The largest absolute Gasteiger partial charge is 0.463 e. The van der Waals surface area contributed by atoms with Crippen LogP contribution in [0.1, 0.15) is 30.4 Å². The predicted molar refractivity (Wildman–Crippen MR) is 118 cm³/mol. The summed E-state index contributed by atoms with van der Waals surface area (Å²) < 4.78 is 6.82. The van der Waals surface area contributed by atoms with Crippen LogP contribution in [0.5, 0.6) is 0 Å². The topological polar surface area (TPSA) is 68.3 Å². The molecule has 0 radical (unpaired) electrons. The van der Waals surface area contributed by atoms with Gasteiger partial charge in [-0.3, -0.25) is 0 Å². The number of hydrogen-bond donors (Lipinski definition) is 2. The molecule has 0 atom stereocenters. The van der Waals surface area contributed by atoms with Crippen LogP contribution in [0.25, 0.3) is 31.9 Å². The van der Waals surface area contributed by atoms with Crippen molar-refractivity contribution in [3.8, 4) is 11.5 Å². The lowest BCUT2D eigenvalue weighted by molar-refractivity contribution is -0.858. The quantitative estimate of drug-likeness (QED) is 0.479. The maximum absolute atomic E-state index is 5.72. The van der Waals surface area contributed by atoms with E-state index >= 15 is 0 Å². The monoisotopic (exact) mass is 408 g/mol. The average molecular weight is 409 g/mol. The van der Waals surface area contributed by atoms with Gasteiger partial charge in [-0.05, 0) is 48.9 Å². The summed E-state index contributed by atoms with van der Waals surface area (Å²) in [6, 6.07) is 3.94. The number of furan rings is 1. The Morgan fingerprint density at radius 3 is 2.83 bits per heavy atom. The number of nitrogens with zero attached hydrogens (tertiary/aromatic N) is 3. The third-order valence-corrected chi connectivity index (χ3v) is 6.70. The van der Waals surface area contributed by atoms with Gasteiger partial charge >= 0.3 is 0 Å². The normalized spacial score (nSPS) is 14.0. The molecule has 0 aliphatic heterocycles. The van der Waals surface area contributed by atoms with Crippen molar-refractivity contribution in [3.05, 3.63) is 35.9 Å². The van der Waals surface area contributed by atoms with Gasteiger partial charge in [-0.25, -0.2) is 15.0 Å². The Balaban J connectivity index is 1.63. The molecule has 0 aromatic carbocycles. The van der Waals surface area contributed by atoms with Crippen LogP contribution in [0.4, 0.5) is 5.82 Å². The van der Waals surface area contributed by atoms with Gasteiger partial charge in [0.05, 0.1) is 37.1 Å². The number of pyridine rings is 1. The molecule has 0 spiro atoms. The summed E-state index contributed by atoms with van der Waals surface area (Å²) in [6.45, 7) is 2.05. The molecule has 0 saturated heterocycles.